The third-order valence-corrected chi connectivity index (χ3v) is 6.24. The highest BCUT2D eigenvalue weighted by Crippen LogP contribution is 2.44. The van der Waals surface area contributed by atoms with Gasteiger partial charge in [0, 0.05) is 36.6 Å². The minimum Gasteiger partial charge on any atom is -0.497 e. The summed E-state index contributed by atoms with van der Waals surface area (Å²) >= 11 is 0. The van der Waals surface area contributed by atoms with Crippen molar-refractivity contribution in [2.75, 3.05) is 26.8 Å². The summed E-state index contributed by atoms with van der Waals surface area (Å²) in [4.78, 5) is 17.4. The molecule has 5 heteroatoms. The third kappa shape index (κ3) is 3.36. The van der Waals surface area contributed by atoms with Gasteiger partial charge in [-0.25, -0.2) is 0 Å². The number of fused-ring (bicyclic) bond motifs is 5. The molecule has 1 N–H and O–H groups in total. The van der Waals surface area contributed by atoms with E-state index >= 15 is 0 Å². The van der Waals surface area contributed by atoms with Crippen LogP contribution in [0, 0.1) is 11.8 Å². The minimum atomic E-state index is -0.202. The number of nitrogens with one attached hydrogen (secondary N) is 1. The molecule has 3 heterocycles. The molecule has 27 heavy (non-hydrogen) atoms. The Morgan fingerprint density at radius 1 is 1.44 bits per heavy atom. The Balaban J connectivity index is 1.61. The Bertz CT molecular complexity index is 857. The van der Waals surface area contributed by atoms with Gasteiger partial charge in [-0.05, 0) is 54.9 Å². The highest BCUT2D eigenvalue weighted by molar-refractivity contribution is 5.86. The van der Waals surface area contributed by atoms with Crippen molar-refractivity contribution in [3.63, 3.8) is 0 Å². The molecule has 0 unspecified atom stereocenters. The number of hydrogen-bond donors (Lipinski definition) is 1. The lowest BCUT2D eigenvalue weighted by Gasteiger charge is -2.45. The Kier molecular flexibility index (Phi) is 4.96. The van der Waals surface area contributed by atoms with Crippen molar-refractivity contribution < 1.29 is 14.3 Å². The van der Waals surface area contributed by atoms with Crippen LogP contribution in [0.5, 0.6) is 5.75 Å². The summed E-state index contributed by atoms with van der Waals surface area (Å²) in [5.74, 6) is 1.63. The average molecular weight is 368 g/mol. The van der Waals surface area contributed by atoms with Crippen LogP contribution in [0.4, 0.5) is 0 Å². The minimum absolute atomic E-state index is 0.202. The molecular weight excluding hydrogens is 340 g/mol. The molecule has 1 saturated heterocycles. The molecule has 2 aliphatic rings. The number of benzene rings is 1. The summed E-state index contributed by atoms with van der Waals surface area (Å²) in [6.45, 7) is 8.12. The molecule has 0 radical (unpaired) electrons. The second-order valence-electron chi connectivity index (χ2n) is 7.71. The smallest absolute Gasteiger partial charge is 0.302 e. The second-order valence-corrected chi connectivity index (χ2v) is 7.71. The monoisotopic (exact) mass is 368 g/mol. The van der Waals surface area contributed by atoms with Gasteiger partial charge < -0.3 is 14.5 Å². The first-order valence-electron chi connectivity index (χ1n) is 9.79. The van der Waals surface area contributed by atoms with E-state index in [1.165, 1.54) is 29.1 Å². The van der Waals surface area contributed by atoms with Crippen LogP contribution >= 0.6 is 0 Å². The standard InChI is InChI=1S/C22H28N2O3/c1-4-15-13-24-9-7-18-19-12-17(26-3)5-6-20(19)23-22(18)21(24)11-16(15)8-10-27-14(2)25/h4-6,12,15-16,21,23H,1,7-11,13H2,2-3H3/t15-,16-,21-/m0/s1. The first kappa shape index (κ1) is 18.1. The van der Waals surface area contributed by atoms with Crippen LogP contribution < -0.4 is 4.74 Å². The number of carbonyl (C=O) groups excluding carboxylic acids is 1. The van der Waals surface area contributed by atoms with Crippen LogP contribution in [0.25, 0.3) is 10.9 Å². The van der Waals surface area contributed by atoms with E-state index in [1.807, 2.05) is 6.07 Å². The predicted molar refractivity (Wildman–Crippen MR) is 106 cm³/mol. The van der Waals surface area contributed by atoms with Gasteiger partial charge in [-0.1, -0.05) is 6.08 Å². The van der Waals surface area contributed by atoms with Crippen molar-refractivity contribution >= 4 is 16.9 Å². The molecule has 1 aromatic heterocycles. The molecule has 0 saturated carbocycles. The fourth-order valence-corrected chi connectivity index (χ4v) is 4.84. The maximum absolute atomic E-state index is 11.1. The molecule has 0 spiro atoms. The quantitative estimate of drug-likeness (QED) is 0.643. The molecule has 1 fully saturated rings. The Labute approximate surface area is 160 Å². The van der Waals surface area contributed by atoms with E-state index in [-0.39, 0.29) is 5.97 Å². The number of carbonyl (C=O) groups is 1. The maximum atomic E-state index is 11.1. The van der Waals surface area contributed by atoms with Gasteiger partial charge in [-0.3, -0.25) is 9.69 Å². The molecule has 2 aromatic rings. The van der Waals surface area contributed by atoms with E-state index in [9.17, 15) is 4.79 Å². The van der Waals surface area contributed by atoms with Gasteiger partial charge in [-0.2, -0.15) is 0 Å². The third-order valence-electron chi connectivity index (χ3n) is 6.24. The van der Waals surface area contributed by atoms with E-state index in [0.717, 1.165) is 38.1 Å². The van der Waals surface area contributed by atoms with Crippen molar-refractivity contribution in [3.05, 3.63) is 42.1 Å². The van der Waals surface area contributed by atoms with Gasteiger partial charge in [0.25, 0.3) is 0 Å². The SMILES string of the molecule is C=C[C@H]1CN2CCc3c([nH]c4ccc(OC)cc34)[C@@H]2C[C@@H]1CCOC(C)=O. The van der Waals surface area contributed by atoms with E-state index in [4.69, 9.17) is 9.47 Å². The molecule has 5 nitrogen and oxygen atoms in total. The summed E-state index contributed by atoms with van der Waals surface area (Å²) in [5, 5.41) is 1.28. The number of nitrogens with zero attached hydrogens (tertiary/aromatic N) is 1. The van der Waals surface area contributed by atoms with Gasteiger partial charge in [0.05, 0.1) is 19.8 Å². The summed E-state index contributed by atoms with van der Waals surface area (Å²) in [7, 11) is 1.71. The normalized spacial score (nSPS) is 24.9. The highest BCUT2D eigenvalue weighted by atomic mass is 16.5. The van der Waals surface area contributed by atoms with Crippen LogP contribution in [0.1, 0.15) is 37.1 Å². The van der Waals surface area contributed by atoms with Crippen LogP contribution in [-0.2, 0) is 16.0 Å². The molecule has 0 bridgehead atoms. The molecule has 3 atom stereocenters. The molecule has 1 aromatic carbocycles. The number of piperidine rings is 1. The predicted octanol–water partition coefficient (Wildman–Crippen LogP) is 3.85. The van der Waals surface area contributed by atoms with E-state index in [2.05, 4.69) is 34.7 Å². The summed E-state index contributed by atoms with van der Waals surface area (Å²) in [6.07, 6.45) is 5.10. The number of hydrogen-bond acceptors (Lipinski definition) is 4. The van der Waals surface area contributed by atoms with Crippen molar-refractivity contribution in [1.29, 1.82) is 0 Å². The largest absolute Gasteiger partial charge is 0.497 e. The Morgan fingerprint density at radius 2 is 2.30 bits per heavy atom. The van der Waals surface area contributed by atoms with Gasteiger partial charge in [0.1, 0.15) is 5.75 Å². The first-order valence-corrected chi connectivity index (χ1v) is 9.79. The van der Waals surface area contributed by atoms with Crippen molar-refractivity contribution in [1.82, 2.24) is 9.88 Å². The molecule has 4 rings (SSSR count). The number of H-pyrrole nitrogens is 1. The number of aromatic nitrogens is 1. The van der Waals surface area contributed by atoms with Gasteiger partial charge in [-0.15, -0.1) is 6.58 Å². The van der Waals surface area contributed by atoms with E-state index in [0.29, 0.717) is 24.5 Å². The highest BCUT2D eigenvalue weighted by Gasteiger charge is 2.39. The first-order chi connectivity index (χ1) is 13.1. The molecule has 144 valence electrons. The topological polar surface area (TPSA) is 54.6 Å². The van der Waals surface area contributed by atoms with Crippen LogP contribution in [0.2, 0.25) is 0 Å². The zero-order chi connectivity index (χ0) is 19.0. The van der Waals surface area contributed by atoms with E-state index in [1.54, 1.807) is 7.11 Å². The molecular formula is C22H28N2O3. The van der Waals surface area contributed by atoms with Crippen LogP contribution in [0.15, 0.2) is 30.9 Å². The van der Waals surface area contributed by atoms with Crippen molar-refractivity contribution in [3.8, 4) is 5.75 Å². The molecule has 0 aliphatic carbocycles. The zero-order valence-electron chi connectivity index (χ0n) is 16.2. The number of esters is 1. The molecule has 2 aliphatic heterocycles. The fraction of sp³-hybridized carbons (Fsp3) is 0.500. The van der Waals surface area contributed by atoms with E-state index < -0.39 is 0 Å². The maximum Gasteiger partial charge on any atom is 0.302 e. The van der Waals surface area contributed by atoms with Gasteiger partial charge in [0.2, 0.25) is 0 Å². The molecule has 0 amide bonds. The summed E-state index contributed by atoms with van der Waals surface area (Å²) in [6, 6.07) is 6.67. The average Bonchev–Trinajstić information content (AvgIpc) is 3.05. The Morgan fingerprint density at radius 3 is 3.04 bits per heavy atom. The lowest BCUT2D eigenvalue weighted by molar-refractivity contribution is -0.141. The van der Waals surface area contributed by atoms with Gasteiger partial charge in [0.15, 0.2) is 0 Å². The number of rotatable bonds is 5. The Hall–Kier alpha value is -2.27. The second kappa shape index (κ2) is 7.39. The lowest BCUT2D eigenvalue weighted by Crippen LogP contribution is -2.45. The van der Waals surface area contributed by atoms with Crippen molar-refractivity contribution in [2.24, 2.45) is 11.8 Å². The van der Waals surface area contributed by atoms with Crippen LogP contribution in [0.3, 0.4) is 0 Å². The fourth-order valence-electron chi connectivity index (χ4n) is 4.84. The lowest BCUT2D eigenvalue weighted by atomic mass is 9.77. The summed E-state index contributed by atoms with van der Waals surface area (Å²) in [5.41, 5.74) is 3.97. The zero-order valence-corrected chi connectivity index (χ0v) is 16.2. The number of methoxy groups -OCH3 is 1. The summed E-state index contributed by atoms with van der Waals surface area (Å²) < 4.78 is 10.6. The number of ether oxygens (including phenoxy) is 2. The number of aromatic amines is 1. The van der Waals surface area contributed by atoms with Crippen LogP contribution in [-0.4, -0.2) is 42.7 Å². The van der Waals surface area contributed by atoms with Gasteiger partial charge >= 0.3 is 5.97 Å². The van der Waals surface area contributed by atoms with Crippen molar-refractivity contribution in [2.45, 2.75) is 32.2 Å².